The summed E-state index contributed by atoms with van der Waals surface area (Å²) < 4.78 is 12.5. The minimum absolute atomic E-state index is 0.0180. The summed E-state index contributed by atoms with van der Waals surface area (Å²) in [5.74, 6) is -2.00. The van der Waals surface area contributed by atoms with Gasteiger partial charge in [-0.1, -0.05) is 17.7 Å². The Balaban J connectivity index is 3.08. The van der Waals surface area contributed by atoms with Crippen molar-refractivity contribution in [2.24, 2.45) is 0 Å². The van der Waals surface area contributed by atoms with E-state index in [1.165, 1.54) is 0 Å². The van der Waals surface area contributed by atoms with E-state index in [2.05, 4.69) is 0 Å². The first-order valence-electron chi connectivity index (χ1n) is 3.38. The molecule has 5 heteroatoms. The molecule has 0 fully saturated rings. The Morgan fingerprint density at radius 3 is 2.62 bits per heavy atom. The lowest BCUT2D eigenvalue weighted by Crippen LogP contribution is -2.10. The molecule has 2 N–H and O–H groups in total. The molecule has 1 aromatic rings. The summed E-state index contributed by atoms with van der Waals surface area (Å²) in [6, 6.07) is 3.12. The normalized spacial score (nSPS) is 12.5. The van der Waals surface area contributed by atoms with E-state index in [0.717, 1.165) is 18.2 Å². The van der Waals surface area contributed by atoms with E-state index in [0.29, 0.717) is 0 Å². The molecule has 0 radical (unpaired) electrons. The zero-order chi connectivity index (χ0) is 10.0. The lowest BCUT2D eigenvalue weighted by Gasteiger charge is -2.07. The van der Waals surface area contributed by atoms with Gasteiger partial charge in [0.1, 0.15) is 5.82 Å². The molecule has 0 aliphatic heterocycles. The largest absolute Gasteiger partial charge is 0.479 e. The fourth-order valence-corrected chi connectivity index (χ4v) is 1.13. The van der Waals surface area contributed by atoms with Gasteiger partial charge < -0.3 is 10.2 Å². The Morgan fingerprint density at radius 1 is 1.54 bits per heavy atom. The summed E-state index contributed by atoms with van der Waals surface area (Å²) in [4.78, 5) is 10.3. The van der Waals surface area contributed by atoms with Gasteiger partial charge in [0.05, 0.1) is 0 Å². The lowest BCUT2D eigenvalue weighted by molar-refractivity contribution is -0.146. The molecule has 3 nitrogen and oxygen atoms in total. The quantitative estimate of drug-likeness (QED) is 0.769. The molecule has 0 aliphatic rings. The zero-order valence-electron chi connectivity index (χ0n) is 6.37. The second kappa shape index (κ2) is 3.72. The van der Waals surface area contributed by atoms with Gasteiger partial charge in [-0.2, -0.15) is 0 Å². The van der Waals surface area contributed by atoms with Gasteiger partial charge in [-0.05, 0) is 12.1 Å². The Morgan fingerprint density at radius 2 is 2.15 bits per heavy atom. The molecule has 0 heterocycles. The monoisotopic (exact) mass is 204 g/mol. The lowest BCUT2D eigenvalue weighted by atomic mass is 10.1. The van der Waals surface area contributed by atoms with Crippen molar-refractivity contribution in [1.29, 1.82) is 0 Å². The smallest absolute Gasteiger partial charge is 0.337 e. The number of carbonyl (C=O) groups is 1. The Kier molecular flexibility index (Phi) is 2.85. The van der Waals surface area contributed by atoms with Crippen LogP contribution < -0.4 is 0 Å². The molecular weight excluding hydrogens is 199 g/mol. The second-order valence-electron chi connectivity index (χ2n) is 2.41. The molecular formula is C8H6ClFO3. The fourth-order valence-electron chi connectivity index (χ4n) is 0.856. The summed E-state index contributed by atoms with van der Waals surface area (Å²) in [5.41, 5.74) is -0.0180. The van der Waals surface area contributed by atoms with Crippen molar-refractivity contribution in [3.63, 3.8) is 0 Å². The van der Waals surface area contributed by atoms with Gasteiger partial charge in [0.15, 0.2) is 6.10 Å². The molecule has 0 amide bonds. The molecule has 1 rings (SSSR count). The molecule has 0 spiro atoms. The predicted octanol–water partition coefficient (Wildman–Crippen LogP) is 1.60. The highest BCUT2D eigenvalue weighted by atomic mass is 35.5. The van der Waals surface area contributed by atoms with Gasteiger partial charge >= 0.3 is 5.97 Å². The van der Waals surface area contributed by atoms with E-state index in [9.17, 15) is 9.18 Å². The van der Waals surface area contributed by atoms with E-state index >= 15 is 0 Å². The molecule has 0 saturated heterocycles. The first kappa shape index (κ1) is 9.95. The molecule has 1 aromatic carbocycles. The summed E-state index contributed by atoms with van der Waals surface area (Å²) >= 11 is 5.51. The Bertz CT molecular complexity index is 340. The molecule has 0 aliphatic carbocycles. The van der Waals surface area contributed by atoms with Crippen LogP contribution in [0.2, 0.25) is 5.02 Å². The predicted molar refractivity (Wildman–Crippen MR) is 44.0 cm³/mol. The van der Waals surface area contributed by atoms with Crippen LogP contribution in [0, 0.1) is 5.82 Å². The van der Waals surface area contributed by atoms with Crippen LogP contribution in [-0.4, -0.2) is 16.2 Å². The van der Waals surface area contributed by atoms with E-state index in [4.69, 9.17) is 21.8 Å². The van der Waals surface area contributed by atoms with Crippen molar-refractivity contribution in [3.05, 3.63) is 34.6 Å². The highest BCUT2D eigenvalue weighted by Gasteiger charge is 2.18. The van der Waals surface area contributed by atoms with E-state index in [1.54, 1.807) is 0 Å². The van der Waals surface area contributed by atoms with Crippen LogP contribution in [0.3, 0.4) is 0 Å². The maximum atomic E-state index is 12.5. The third kappa shape index (κ3) is 2.17. The third-order valence-electron chi connectivity index (χ3n) is 1.49. The zero-order valence-corrected chi connectivity index (χ0v) is 7.12. The number of hydrogen-bond donors (Lipinski definition) is 2. The van der Waals surface area contributed by atoms with Crippen LogP contribution >= 0.6 is 11.6 Å². The van der Waals surface area contributed by atoms with Crippen molar-refractivity contribution in [3.8, 4) is 0 Å². The van der Waals surface area contributed by atoms with Gasteiger partial charge in [0.25, 0.3) is 0 Å². The Labute approximate surface area is 78.4 Å². The molecule has 0 bridgehead atoms. The number of aliphatic hydroxyl groups is 1. The van der Waals surface area contributed by atoms with Crippen LogP contribution in [0.1, 0.15) is 11.7 Å². The molecule has 0 saturated carbocycles. The first-order valence-corrected chi connectivity index (χ1v) is 3.76. The summed E-state index contributed by atoms with van der Waals surface area (Å²) in [6.45, 7) is 0. The van der Waals surface area contributed by atoms with E-state index in [1.807, 2.05) is 0 Å². The van der Waals surface area contributed by atoms with Gasteiger partial charge in [0.2, 0.25) is 0 Å². The van der Waals surface area contributed by atoms with Crippen LogP contribution in [-0.2, 0) is 4.79 Å². The molecule has 1 atom stereocenters. The minimum atomic E-state index is -1.71. The highest BCUT2D eigenvalue weighted by molar-refractivity contribution is 6.31. The highest BCUT2D eigenvalue weighted by Crippen LogP contribution is 2.23. The standard InChI is InChI=1S/C8H6ClFO3/c9-6-3-4(10)1-2-5(6)7(11)8(12)13/h1-3,7,11H,(H,12,13). The van der Waals surface area contributed by atoms with E-state index in [-0.39, 0.29) is 10.6 Å². The topological polar surface area (TPSA) is 57.5 Å². The number of aliphatic carboxylic acids is 1. The summed E-state index contributed by atoms with van der Waals surface area (Å²) in [6.07, 6.45) is -1.71. The molecule has 0 aromatic heterocycles. The van der Waals surface area contributed by atoms with Crippen molar-refractivity contribution < 1.29 is 19.4 Å². The number of halogens is 2. The number of carboxylic acids is 1. The van der Waals surface area contributed by atoms with E-state index < -0.39 is 17.9 Å². The van der Waals surface area contributed by atoms with Gasteiger partial charge in [-0.3, -0.25) is 0 Å². The third-order valence-corrected chi connectivity index (χ3v) is 1.82. The number of hydrogen-bond acceptors (Lipinski definition) is 2. The number of carboxylic acid groups (broad SMARTS) is 1. The SMILES string of the molecule is O=C(O)C(O)c1ccc(F)cc1Cl. The number of rotatable bonds is 2. The minimum Gasteiger partial charge on any atom is -0.479 e. The average Bonchev–Trinajstić information content (AvgIpc) is 2.03. The van der Waals surface area contributed by atoms with Crippen LogP contribution in [0.15, 0.2) is 18.2 Å². The number of aliphatic hydroxyl groups excluding tert-OH is 1. The fraction of sp³-hybridized carbons (Fsp3) is 0.125. The maximum Gasteiger partial charge on any atom is 0.337 e. The summed E-state index contributed by atoms with van der Waals surface area (Å²) in [5, 5.41) is 17.4. The molecule has 13 heavy (non-hydrogen) atoms. The van der Waals surface area contributed by atoms with Crippen molar-refractivity contribution >= 4 is 17.6 Å². The van der Waals surface area contributed by atoms with Gasteiger partial charge in [-0.25, -0.2) is 9.18 Å². The molecule has 70 valence electrons. The van der Waals surface area contributed by atoms with Crippen molar-refractivity contribution in [2.75, 3.05) is 0 Å². The van der Waals surface area contributed by atoms with Crippen LogP contribution in [0.5, 0.6) is 0 Å². The average molecular weight is 205 g/mol. The van der Waals surface area contributed by atoms with Crippen molar-refractivity contribution in [2.45, 2.75) is 6.10 Å². The maximum absolute atomic E-state index is 12.5. The summed E-state index contributed by atoms with van der Waals surface area (Å²) in [7, 11) is 0. The van der Waals surface area contributed by atoms with Crippen LogP contribution in [0.4, 0.5) is 4.39 Å². The van der Waals surface area contributed by atoms with Gasteiger partial charge in [0, 0.05) is 10.6 Å². The number of benzene rings is 1. The molecule has 1 unspecified atom stereocenters. The Hall–Kier alpha value is -1.13. The van der Waals surface area contributed by atoms with Gasteiger partial charge in [-0.15, -0.1) is 0 Å². The van der Waals surface area contributed by atoms with Crippen LogP contribution in [0.25, 0.3) is 0 Å². The van der Waals surface area contributed by atoms with Crippen molar-refractivity contribution in [1.82, 2.24) is 0 Å². The first-order chi connectivity index (χ1) is 6.02. The second-order valence-corrected chi connectivity index (χ2v) is 2.81.